The monoisotopic (exact) mass is 241 g/mol. The van der Waals surface area contributed by atoms with Gasteiger partial charge in [-0.2, -0.15) is 0 Å². The topological polar surface area (TPSA) is 58.6 Å². The molecule has 0 aromatic rings. The van der Waals surface area contributed by atoms with Crippen LogP contribution in [0.15, 0.2) is 0 Å². The number of hydrogen-bond acceptors (Lipinski definition) is 3. The first-order chi connectivity index (χ1) is 8.29. The Morgan fingerprint density at radius 1 is 1.12 bits per heavy atom. The van der Waals surface area contributed by atoms with Crippen LogP contribution in [-0.2, 0) is 9.53 Å². The summed E-state index contributed by atoms with van der Waals surface area (Å²) in [4.78, 5) is 12.0. The van der Waals surface area contributed by atoms with Gasteiger partial charge in [-0.25, -0.2) is 0 Å². The first-order valence-electron chi connectivity index (χ1n) is 6.78. The molecule has 0 aromatic carbocycles. The average Bonchev–Trinajstić information content (AvgIpc) is 2.40. The van der Waals surface area contributed by atoms with Crippen molar-refractivity contribution in [2.24, 2.45) is 11.8 Å². The number of aliphatic hydroxyl groups excluding tert-OH is 1. The van der Waals surface area contributed by atoms with Gasteiger partial charge in [-0.3, -0.25) is 4.79 Å². The molecule has 1 saturated heterocycles. The Morgan fingerprint density at radius 3 is 2.35 bits per heavy atom. The molecule has 2 rings (SSSR count). The van der Waals surface area contributed by atoms with Crippen LogP contribution in [0.5, 0.6) is 0 Å². The van der Waals surface area contributed by atoms with Crippen LogP contribution in [0.3, 0.4) is 0 Å². The van der Waals surface area contributed by atoms with E-state index < -0.39 is 0 Å². The summed E-state index contributed by atoms with van der Waals surface area (Å²) in [5, 5.41) is 12.2. The van der Waals surface area contributed by atoms with Crippen LogP contribution in [-0.4, -0.2) is 36.9 Å². The Bertz CT molecular complexity index is 243. The second kappa shape index (κ2) is 6.36. The quantitative estimate of drug-likeness (QED) is 0.777. The molecule has 0 radical (unpaired) electrons. The summed E-state index contributed by atoms with van der Waals surface area (Å²) in [6.07, 6.45) is 5.72. The van der Waals surface area contributed by atoms with Crippen LogP contribution in [0.2, 0.25) is 0 Å². The van der Waals surface area contributed by atoms with E-state index in [1.54, 1.807) is 0 Å². The van der Waals surface area contributed by atoms with Crippen molar-refractivity contribution in [3.63, 3.8) is 0 Å². The Labute approximate surface area is 103 Å². The fraction of sp³-hybridized carbons (Fsp3) is 0.923. The minimum absolute atomic E-state index is 0.167. The molecule has 2 aliphatic rings. The molecule has 4 heteroatoms. The highest BCUT2D eigenvalue weighted by Crippen LogP contribution is 2.28. The van der Waals surface area contributed by atoms with Gasteiger partial charge in [0, 0.05) is 31.8 Å². The average molecular weight is 241 g/mol. The van der Waals surface area contributed by atoms with E-state index in [0.29, 0.717) is 12.0 Å². The molecule has 98 valence electrons. The van der Waals surface area contributed by atoms with Gasteiger partial charge < -0.3 is 15.2 Å². The Kier molecular flexibility index (Phi) is 4.80. The van der Waals surface area contributed by atoms with E-state index in [0.717, 1.165) is 51.7 Å². The Balaban J connectivity index is 1.72. The molecule has 0 spiro atoms. The van der Waals surface area contributed by atoms with Crippen LogP contribution >= 0.6 is 0 Å². The molecule has 17 heavy (non-hydrogen) atoms. The maximum Gasteiger partial charge on any atom is 0.223 e. The van der Waals surface area contributed by atoms with Crippen molar-refractivity contribution in [1.82, 2.24) is 5.32 Å². The van der Waals surface area contributed by atoms with Gasteiger partial charge in [-0.05, 0) is 44.4 Å². The van der Waals surface area contributed by atoms with E-state index in [9.17, 15) is 4.79 Å². The summed E-state index contributed by atoms with van der Waals surface area (Å²) >= 11 is 0. The van der Waals surface area contributed by atoms with Crippen LogP contribution < -0.4 is 5.32 Å². The number of hydrogen-bond donors (Lipinski definition) is 2. The smallest absolute Gasteiger partial charge is 0.223 e. The summed E-state index contributed by atoms with van der Waals surface area (Å²) < 4.78 is 5.28. The minimum Gasteiger partial charge on any atom is -0.396 e. The van der Waals surface area contributed by atoms with Crippen molar-refractivity contribution < 1.29 is 14.6 Å². The van der Waals surface area contributed by atoms with Gasteiger partial charge in [0.15, 0.2) is 0 Å². The third kappa shape index (κ3) is 3.68. The fourth-order valence-electron chi connectivity index (χ4n) is 2.77. The number of amides is 1. The van der Waals surface area contributed by atoms with Crippen molar-refractivity contribution >= 4 is 5.91 Å². The highest BCUT2D eigenvalue weighted by molar-refractivity contribution is 5.79. The molecular weight excluding hydrogens is 218 g/mol. The lowest BCUT2D eigenvalue weighted by molar-refractivity contribution is -0.127. The standard InChI is InChI=1S/C13H23NO3/c15-9-10-1-3-11(4-2-10)13(16)14-12-5-7-17-8-6-12/h10-12,15H,1-9H2,(H,14,16). The number of rotatable bonds is 3. The van der Waals surface area contributed by atoms with E-state index in [1.807, 2.05) is 0 Å². The normalized spacial score (nSPS) is 31.1. The summed E-state index contributed by atoms with van der Waals surface area (Å²) in [6, 6.07) is 0.312. The maximum absolute atomic E-state index is 12.0. The van der Waals surface area contributed by atoms with Crippen LogP contribution in [0, 0.1) is 11.8 Å². The van der Waals surface area contributed by atoms with Crippen LogP contribution in [0.25, 0.3) is 0 Å². The van der Waals surface area contributed by atoms with Crippen molar-refractivity contribution in [3.8, 4) is 0 Å². The molecule has 1 amide bonds. The largest absolute Gasteiger partial charge is 0.396 e. The zero-order valence-corrected chi connectivity index (χ0v) is 10.4. The fourth-order valence-corrected chi connectivity index (χ4v) is 2.77. The van der Waals surface area contributed by atoms with Gasteiger partial charge in [-0.1, -0.05) is 0 Å². The molecule has 1 saturated carbocycles. The van der Waals surface area contributed by atoms with E-state index >= 15 is 0 Å². The second-order valence-corrected chi connectivity index (χ2v) is 5.30. The zero-order chi connectivity index (χ0) is 12.1. The van der Waals surface area contributed by atoms with E-state index in [1.165, 1.54) is 0 Å². The van der Waals surface area contributed by atoms with Crippen molar-refractivity contribution in [2.75, 3.05) is 19.8 Å². The van der Waals surface area contributed by atoms with Crippen molar-refractivity contribution in [3.05, 3.63) is 0 Å². The van der Waals surface area contributed by atoms with Gasteiger partial charge in [0.05, 0.1) is 0 Å². The highest BCUT2D eigenvalue weighted by Gasteiger charge is 2.27. The maximum atomic E-state index is 12.0. The molecule has 0 atom stereocenters. The molecule has 4 nitrogen and oxygen atoms in total. The third-order valence-corrected chi connectivity index (χ3v) is 4.04. The first kappa shape index (κ1) is 12.8. The number of aliphatic hydroxyl groups is 1. The highest BCUT2D eigenvalue weighted by atomic mass is 16.5. The number of ether oxygens (including phenoxy) is 1. The van der Waals surface area contributed by atoms with Gasteiger partial charge in [0.1, 0.15) is 0 Å². The van der Waals surface area contributed by atoms with E-state index in [-0.39, 0.29) is 18.4 Å². The van der Waals surface area contributed by atoms with Crippen LogP contribution in [0.1, 0.15) is 38.5 Å². The number of carbonyl (C=O) groups excluding carboxylic acids is 1. The van der Waals surface area contributed by atoms with Crippen molar-refractivity contribution in [2.45, 2.75) is 44.6 Å². The third-order valence-electron chi connectivity index (χ3n) is 4.04. The van der Waals surface area contributed by atoms with Gasteiger partial charge in [-0.15, -0.1) is 0 Å². The Hall–Kier alpha value is -0.610. The summed E-state index contributed by atoms with van der Waals surface area (Å²) in [6.45, 7) is 1.80. The molecule has 2 fully saturated rings. The molecule has 2 N–H and O–H groups in total. The van der Waals surface area contributed by atoms with Crippen LogP contribution in [0.4, 0.5) is 0 Å². The lowest BCUT2D eigenvalue weighted by Crippen LogP contribution is -2.42. The molecule has 0 bridgehead atoms. The lowest BCUT2D eigenvalue weighted by atomic mass is 9.82. The predicted molar refractivity (Wildman–Crippen MR) is 64.5 cm³/mol. The first-order valence-corrected chi connectivity index (χ1v) is 6.78. The van der Waals surface area contributed by atoms with E-state index in [4.69, 9.17) is 9.84 Å². The summed E-state index contributed by atoms with van der Waals surface area (Å²) in [5.41, 5.74) is 0. The molecule has 1 aliphatic heterocycles. The molecule has 1 heterocycles. The number of carbonyl (C=O) groups is 1. The predicted octanol–water partition coefficient (Wildman–Crippen LogP) is 1.08. The second-order valence-electron chi connectivity index (χ2n) is 5.30. The zero-order valence-electron chi connectivity index (χ0n) is 10.4. The molecular formula is C13H23NO3. The van der Waals surface area contributed by atoms with Gasteiger partial charge >= 0.3 is 0 Å². The Morgan fingerprint density at radius 2 is 1.76 bits per heavy atom. The minimum atomic E-state index is 0.167. The SMILES string of the molecule is O=C(NC1CCOCC1)C1CCC(CO)CC1. The summed E-state index contributed by atoms with van der Waals surface area (Å²) in [5.74, 6) is 0.802. The summed E-state index contributed by atoms with van der Waals surface area (Å²) in [7, 11) is 0. The van der Waals surface area contributed by atoms with Gasteiger partial charge in [0.25, 0.3) is 0 Å². The van der Waals surface area contributed by atoms with Crippen molar-refractivity contribution in [1.29, 1.82) is 0 Å². The number of nitrogens with one attached hydrogen (secondary N) is 1. The molecule has 0 unspecified atom stereocenters. The molecule has 0 aromatic heterocycles. The molecule has 1 aliphatic carbocycles. The van der Waals surface area contributed by atoms with Gasteiger partial charge in [0.2, 0.25) is 5.91 Å². The van der Waals surface area contributed by atoms with E-state index in [2.05, 4.69) is 5.32 Å². The lowest BCUT2D eigenvalue weighted by Gasteiger charge is -2.29.